The molecule has 1 aliphatic rings. The van der Waals surface area contributed by atoms with Crippen molar-refractivity contribution >= 4 is 69.1 Å². The molecule has 3 rings (SSSR count). The summed E-state index contributed by atoms with van der Waals surface area (Å²) in [5.74, 6) is -1.08. The summed E-state index contributed by atoms with van der Waals surface area (Å²) in [6.07, 6.45) is -6.88. The molecule has 0 saturated carbocycles. The number of carbonyl (C=O) groups is 3. The Morgan fingerprint density at radius 2 is 1.75 bits per heavy atom. The van der Waals surface area contributed by atoms with Crippen LogP contribution < -0.4 is 16.4 Å². The Morgan fingerprint density at radius 3 is 2.39 bits per heavy atom. The van der Waals surface area contributed by atoms with E-state index in [9.17, 15) is 57.9 Å². The molecule has 51 heavy (non-hydrogen) atoms. The molecule has 1 aliphatic heterocycles. The van der Waals surface area contributed by atoms with E-state index in [0.717, 1.165) is 29.0 Å². The number of rotatable bonds is 19. The maximum atomic E-state index is 12.6. The van der Waals surface area contributed by atoms with Gasteiger partial charge in [0.2, 0.25) is 11.8 Å². The largest absolute Gasteiger partial charge is 0.481 e. The number of fused-ring (bicyclic) bond motifs is 1. The van der Waals surface area contributed by atoms with Gasteiger partial charge >= 0.3 is 23.5 Å². The third-order valence-corrected chi connectivity index (χ3v) is 10.7. The lowest BCUT2D eigenvalue weighted by Gasteiger charge is -2.30. The molecular formula is C23H38N7O17P3S. The minimum absolute atomic E-state index is 0.0310. The lowest BCUT2D eigenvalue weighted by Crippen LogP contribution is -2.46. The molecule has 0 aromatic carbocycles. The second kappa shape index (κ2) is 17.6. The molecule has 1 saturated heterocycles. The van der Waals surface area contributed by atoms with E-state index in [0.29, 0.717) is 5.75 Å². The van der Waals surface area contributed by atoms with Crippen LogP contribution in [0.4, 0.5) is 5.82 Å². The number of imidazole rings is 1. The fraction of sp³-hybridized carbons (Fsp3) is 0.652. The van der Waals surface area contributed by atoms with E-state index in [-0.39, 0.29) is 41.6 Å². The molecular weight excluding hydrogens is 771 g/mol. The zero-order chi connectivity index (χ0) is 38.4. The number of nitrogens with zero attached hydrogens (tertiary/aromatic N) is 4. The first-order valence-electron chi connectivity index (χ1n) is 14.5. The van der Waals surface area contributed by atoms with E-state index in [1.54, 1.807) is 0 Å². The highest BCUT2D eigenvalue weighted by Gasteiger charge is 2.50. The number of hydrogen-bond donors (Lipinski definition) is 9. The molecule has 2 amide bonds. The summed E-state index contributed by atoms with van der Waals surface area (Å²) in [7, 11) is -16.4. The van der Waals surface area contributed by atoms with E-state index in [1.165, 1.54) is 20.8 Å². The summed E-state index contributed by atoms with van der Waals surface area (Å²) in [5.41, 5.74) is 4.26. The minimum atomic E-state index is -5.56. The monoisotopic (exact) mass is 809 g/mol. The molecule has 0 bridgehead atoms. The molecule has 0 aliphatic carbocycles. The van der Waals surface area contributed by atoms with Crippen molar-refractivity contribution in [3.8, 4) is 0 Å². The highest BCUT2D eigenvalue weighted by molar-refractivity contribution is 8.13. The first-order chi connectivity index (χ1) is 23.5. The molecule has 1 fully saturated rings. The quantitative estimate of drug-likeness (QED) is 0.0587. The number of nitrogens with two attached hydrogens (primary N) is 1. The Bertz CT molecular complexity index is 1710. The van der Waals surface area contributed by atoms with Crippen molar-refractivity contribution in [2.24, 2.45) is 5.41 Å². The number of hydrogen-bond acceptors (Lipinski definition) is 18. The number of phosphoric acid groups is 3. The van der Waals surface area contributed by atoms with Crippen molar-refractivity contribution in [1.29, 1.82) is 0 Å². The summed E-state index contributed by atoms with van der Waals surface area (Å²) >= 11 is 1.03. The van der Waals surface area contributed by atoms with Gasteiger partial charge in [-0.2, -0.15) is 4.31 Å². The fourth-order valence-corrected chi connectivity index (χ4v) is 7.65. The Kier molecular flexibility index (Phi) is 14.8. The van der Waals surface area contributed by atoms with Gasteiger partial charge in [0.15, 0.2) is 22.8 Å². The van der Waals surface area contributed by atoms with Crippen molar-refractivity contribution in [2.45, 2.75) is 57.8 Å². The maximum absolute atomic E-state index is 12.6. The summed E-state index contributed by atoms with van der Waals surface area (Å²) in [4.78, 5) is 85.9. The summed E-state index contributed by atoms with van der Waals surface area (Å²) in [5, 5.41) is 26.1. The minimum Gasteiger partial charge on any atom is -0.386 e. The third kappa shape index (κ3) is 12.9. The van der Waals surface area contributed by atoms with Crippen LogP contribution in [0.15, 0.2) is 12.7 Å². The number of aromatic nitrogens is 4. The van der Waals surface area contributed by atoms with Gasteiger partial charge in [0.1, 0.15) is 36.3 Å². The highest BCUT2D eigenvalue weighted by Crippen LogP contribution is 2.61. The number of anilines is 1. The molecule has 3 unspecified atom stereocenters. The zero-order valence-corrected chi connectivity index (χ0v) is 30.6. The van der Waals surface area contributed by atoms with Gasteiger partial charge in [-0.15, -0.1) is 0 Å². The number of ether oxygens (including phenoxy) is 1. The normalized spacial score (nSPS) is 22.6. The maximum Gasteiger partial charge on any atom is 0.481 e. The SMILES string of the molecule is CC(=O)SCCNC(=O)CCNC(=O)[C@@H](O)C(C)(C)COP(=O)(O)OP(=O)(O)OC[C@H]1O[C@@H](n2cnc3c(N)ncnc32)C(O)[C@H]1OP(=O)(O)O. The van der Waals surface area contributed by atoms with Crippen LogP contribution in [0, 0.1) is 5.41 Å². The number of aliphatic hydroxyl groups is 2. The lowest BCUT2D eigenvalue weighted by atomic mass is 9.87. The van der Waals surface area contributed by atoms with Crippen molar-refractivity contribution in [2.75, 3.05) is 37.8 Å². The predicted octanol–water partition coefficient (Wildman–Crippen LogP) is -1.32. The number of phosphoric ester groups is 3. The Labute approximate surface area is 293 Å². The van der Waals surface area contributed by atoms with Gasteiger partial charge < -0.3 is 50.9 Å². The fourth-order valence-electron chi connectivity index (χ4n) is 4.32. The van der Waals surface area contributed by atoms with Gasteiger partial charge in [0, 0.05) is 37.6 Å². The topological polar surface area (TPSA) is 364 Å². The van der Waals surface area contributed by atoms with Crippen LogP contribution in [0.2, 0.25) is 0 Å². The standard InChI is InChI=1S/C23H38N7O17P3S/c1-12(31)51-7-6-25-14(32)4-5-26-21(35)18(34)23(2,3)9-44-50(41,42)47-49(39,40)43-8-13-17(46-48(36,37)38)16(33)22(45-13)30-11-29-15-19(24)27-10-28-20(15)30/h10-11,13,16-18,22,33-34H,4-9H2,1-3H3,(H,25,32)(H,26,35)(H,39,40)(H,41,42)(H2,24,27,28)(H2,36,37,38)/t13-,16?,17+,18-,22-/m1/s1. The van der Waals surface area contributed by atoms with Crippen LogP contribution in [0.3, 0.4) is 0 Å². The van der Waals surface area contributed by atoms with Gasteiger partial charge in [-0.3, -0.25) is 32.5 Å². The van der Waals surface area contributed by atoms with E-state index in [1.807, 2.05) is 0 Å². The number of amides is 2. The van der Waals surface area contributed by atoms with Crippen molar-refractivity contribution in [1.82, 2.24) is 30.2 Å². The summed E-state index contributed by atoms with van der Waals surface area (Å²) in [6.45, 7) is 1.90. The predicted molar refractivity (Wildman–Crippen MR) is 173 cm³/mol. The van der Waals surface area contributed by atoms with Gasteiger partial charge in [-0.05, 0) is 0 Å². The highest BCUT2D eigenvalue weighted by atomic mass is 32.2. The van der Waals surface area contributed by atoms with Crippen LogP contribution in [-0.2, 0) is 50.7 Å². The Hall–Kier alpha value is -2.44. The van der Waals surface area contributed by atoms with Crippen LogP contribution in [0.25, 0.3) is 11.2 Å². The molecule has 288 valence electrons. The average Bonchev–Trinajstić information content (AvgIpc) is 3.57. The molecule has 0 radical (unpaired) electrons. The second-order valence-electron chi connectivity index (χ2n) is 11.4. The second-order valence-corrected chi connectivity index (χ2v) is 16.9. The molecule has 2 aromatic rings. The summed E-state index contributed by atoms with van der Waals surface area (Å²) < 4.78 is 61.8. The smallest absolute Gasteiger partial charge is 0.386 e. The molecule has 0 spiro atoms. The van der Waals surface area contributed by atoms with Crippen molar-refractivity contribution in [3.63, 3.8) is 0 Å². The molecule has 2 aromatic heterocycles. The van der Waals surface area contributed by atoms with E-state index in [4.69, 9.17) is 19.5 Å². The molecule has 7 atom stereocenters. The van der Waals surface area contributed by atoms with E-state index in [2.05, 4.69) is 34.4 Å². The number of aliphatic hydroxyl groups excluding tert-OH is 2. The van der Waals surface area contributed by atoms with Crippen molar-refractivity contribution < 1.29 is 80.5 Å². The first-order valence-corrected chi connectivity index (χ1v) is 20.0. The molecule has 10 N–H and O–H groups in total. The van der Waals surface area contributed by atoms with Crippen LogP contribution >= 0.6 is 35.2 Å². The number of nitrogen functional groups attached to an aromatic ring is 1. The number of thioether (sulfide) groups is 1. The van der Waals surface area contributed by atoms with E-state index < -0.39 is 84.6 Å². The van der Waals surface area contributed by atoms with Gasteiger partial charge in [-0.25, -0.2) is 28.6 Å². The molecule has 3 heterocycles. The summed E-state index contributed by atoms with van der Waals surface area (Å²) in [6, 6.07) is 0. The zero-order valence-electron chi connectivity index (χ0n) is 27.1. The third-order valence-electron chi connectivity index (χ3n) is 6.81. The Morgan fingerprint density at radius 1 is 1.08 bits per heavy atom. The van der Waals surface area contributed by atoms with Gasteiger partial charge in [-0.1, -0.05) is 25.6 Å². The van der Waals surface area contributed by atoms with E-state index >= 15 is 0 Å². The lowest BCUT2D eigenvalue weighted by molar-refractivity contribution is -0.137. The average molecular weight is 810 g/mol. The van der Waals surface area contributed by atoms with Gasteiger partial charge in [0.05, 0.1) is 19.5 Å². The van der Waals surface area contributed by atoms with Crippen LogP contribution in [0.1, 0.15) is 33.4 Å². The van der Waals surface area contributed by atoms with Gasteiger partial charge in [0.25, 0.3) is 0 Å². The molecule has 28 heteroatoms. The number of carbonyl (C=O) groups excluding carboxylic acids is 3. The number of nitrogens with one attached hydrogen (secondary N) is 2. The first kappa shape index (κ1) is 43.0. The van der Waals surface area contributed by atoms with Crippen LogP contribution in [-0.4, -0.2) is 123 Å². The molecule has 24 nitrogen and oxygen atoms in total. The van der Waals surface area contributed by atoms with Crippen molar-refractivity contribution in [3.05, 3.63) is 12.7 Å². The Balaban J connectivity index is 1.55. The van der Waals surface area contributed by atoms with Crippen LogP contribution in [0.5, 0.6) is 0 Å².